The number of ether oxygens (including phenoxy) is 2. The highest BCUT2D eigenvalue weighted by molar-refractivity contribution is 5.94. The highest BCUT2D eigenvalue weighted by Crippen LogP contribution is 2.40. The van der Waals surface area contributed by atoms with E-state index < -0.39 is 0 Å². The first-order valence-electron chi connectivity index (χ1n) is 10.8. The van der Waals surface area contributed by atoms with E-state index in [1.54, 1.807) is 28.6 Å². The van der Waals surface area contributed by atoms with E-state index in [1.807, 2.05) is 31.2 Å². The monoisotopic (exact) mass is 447 g/mol. The lowest BCUT2D eigenvalue weighted by molar-refractivity contribution is -0.116. The molecule has 0 aliphatic carbocycles. The molecule has 0 spiro atoms. The predicted octanol–water partition coefficient (Wildman–Crippen LogP) is 3.14. The van der Waals surface area contributed by atoms with Crippen LogP contribution in [0.2, 0.25) is 0 Å². The summed E-state index contributed by atoms with van der Waals surface area (Å²) in [4.78, 5) is 12.7. The predicted molar refractivity (Wildman–Crippen MR) is 121 cm³/mol. The molecule has 1 aliphatic rings. The molecule has 0 radical (unpaired) electrons. The van der Waals surface area contributed by atoms with Crippen molar-refractivity contribution in [3.05, 3.63) is 53.5 Å². The highest BCUT2D eigenvalue weighted by Gasteiger charge is 2.31. The van der Waals surface area contributed by atoms with Crippen LogP contribution in [0.25, 0.3) is 11.5 Å². The molecule has 1 aliphatic heterocycles. The van der Waals surface area contributed by atoms with Crippen molar-refractivity contribution in [2.45, 2.75) is 33.1 Å². The van der Waals surface area contributed by atoms with E-state index in [0.717, 1.165) is 11.1 Å². The second-order valence-electron chi connectivity index (χ2n) is 8.49. The van der Waals surface area contributed by atoms with Crippen molar-refractivity contribution in [2.24, 2.45) is 5.92 Å². The molecule has 1 N–H and O–H groups in total. The third kappa shape index (κ3) is 3.77. The molecule has 33 heavy (non-hydrogen) atoms. The standard InChI is InChI=1S/C23H25N7O3/c1-13(2)12-33-18-6-5-15(9-19(18)32-4)16-10-22(31)25-23-17(16)11-24-30(23)21-8-7-20-27-26-14(3)29(20)28-21/h5-9,11,13,16H,10,12H2,1-4H3,(H,25,31)/t16-/m1/s1. The minimum atomic E-state index is -0.170. The van der Waals surface area contributed by atoms with Gasteiger partial charge >= 0.3 is 0 Å². The summed E-state index contributed by atoms with van der Waals surface area (Å²) in [6.45, 7) is 6.62. The Hall–Kier alpha value is -3.95. The zero-order chi connectivity index (χ0) is 23.1. The van der Waals surface area contributed by atoms with Gasteiger partial charge in [-0.25, -0.2) is 0 Å². The number of methoxy groups -OCH3 is 1. The van der Waals surface area contributed by atoms with Crippen LogP contribution in [0.15, 0.2) is 36.5 Å². The van der Waals surface area contributed by atoms with Gasteiger partial charge in [-0.05, 0) is 42.7 Å². The van der Waals surface area contributed by atoms with E-state index in [-0.39, 0.29) is 11.8 Å². The van der Waals surface area contributed by atoms with E-state index in [9.17, 15) is 4.79 Å². The summed E-state index contributed by atoms with van der Waals surface area (Å²) in [5.74, 6) is 3.30. The number of nitrogens with zero attached hydrogens (tertiary/aromatic N) is 6. The van der Waals surface area contributed by atoms with Gasteiger partial charge in [0.2, 0.25) is 5.91 Å². The first-order valence-corrected chi connectivity index (χ1v) is 10.8. The molecule has 0 fully saturated rings. The summed E-state index contributed by atoms with van der Waals surface area (Å²) in [7, 11) is 1.62. The summed E-state index contributed by atoms with van der Waals surface area (Å²) in [6.07, 6.45) is 2.09. The molecule has 4 heterocycles. The van der Waals surface area contributed by atoms with Crippen LogP contribution in [0.5, 0.6) is 11.5 Å². The van der Waals surface area contributed by atoms with Crippen molar-refractivity contribution in [1.82, 2.24) is 29.6 Å². The Labute approximate surface area is 190 Å². The first-order chi connectivity index (χ1) is 15.9. The van der Waals surface area contributed by atoms with E-state index in [4.69, 9.17) is 9.47 Å². The number of nitrogens with one attached hydrogen (secondary N) is 1. The van der Waals surface area contributed by atoms with Gasteiger partial charge in [-0.1, -0.05) is 19.9 Å². The fourth-order valence-corrected chi connectivity index (χ4v) is 3.97. The molecule has 0 saturated heterocycles. The molecule has 170 valence electrons. The number of aryl methyl sites for hydroxylation is 1. The topological polar surface area (TPSA) is 108 Å². The average molecular weight is 447 g/mol. The summed E-state index contributed by atoms with van der Waals surface area (Å²) < 4.78 is 14.7. The second kappa shape index (κ2) is 8.19. The maximum Gasteiger partial charge on any atom is 0.226 e. The SMILES string of the molecule is COc1cc([C@H]2CC(=O)Nc3c2cnn3-c2ccc3nnc(C)n3n2)ccc1OCC(C)C. The zero-order valence-electron chi connectivity index (χ0n) is 18.9. The number of rotatable bonds is 6. The van der Waals surface area contributed by atoms with Crippen LogP contribution < -0.4 is 14.8 Å². The second-order valence-corrected chi connectivity index (χ2v) is 8.49. The van der Waals surface area contributed by atoms with Crippen LogP contribution in [0, 0.1) is 12.8 Å². The van der Waals surface area contributed by atoms with Crippen molar-refractivity contribution in [2.75, 3.05) is 19.0 Å². The van der Waals surface area contributed by atoms with Gasteiger partial charge < -0.3 is 14.8 Å². The number of anilines is 1. The minimum Gasteiger partial charge on any atom is -0.493 e. The molecular formula is C23H25N7O3. The number of hydrogen-bond acceptors (Lipinski definition) is 7. The number of benzene rings is 1. The third-order valence-electron chi connectivity index (χ3n) is 5.60. The Balaban J connectivity index is 1.53. The molecule has 3 aromatic heterocycles. The van der Waals surface area contributed by atoms with Crippen LogP contribution in [0.3, 0.4) is 0 Å². The van der Waals surface area contributed by atoms with E-state index in [1.165, 1.54) is 0 Å². The van der Waals surface area contributed by atoms with E-state index in [0.29, 0.717) is 53.6 Å². The lowest BCUT2D eigenvalue weighted by Gasteiger charge is -2.24. The Bertz CT molecular complexity index is 1340. The fourth-order valence-electron chi connectivity index (χ4n) is 3.97. The first kappa shape index (κ1) is 20.9. The summed E-state index contributed by atoms with van der Waals surface area (Å²) >= 11 is 0. The largest absolute Gasteiger partial charge is 0.493 e. The molecule has 0 saturated carbocycles. The highest BCUT2D eigenvalue weighted by atomic mass is 16.5. The zero-order valence-corrected chi connectivity index (χ0v) is 18.9. The fraction of sp³-hybridized carbons (Fsp3) is 0.348. The van der Waals surface area contributed by atoms with Gasteiger partial charge in [0.15, 0.2) is 28.8 Å². The quantitative estimate of drug-likeness (QED) is 0.484. The molecule has 1 atom stereocenters. The van der Waals surface area contributed by atoms with Crippen molar-refractivity contribution < 1.29 is 14.3 Å². The Morgan fingerprint density at radius 1 is 1.18 bits per heavy atom. The summed E-state index contributed by atoms with van der Waals surface area (Å²) in [5.41, 5.74) is 2.51. The number of carbonyl (C=O) groups is 1. The van der Waals surface area contributed by atoms with Gasteiger partial charge in [-0.15, -0.1) is 15.3 Å². The van der Waals surface area contributed by atoms with Gasteiger partial charge in [0.05, 0.1) is 19.9 Å². The molecule has 0 bridgehead atoms. The van der Waals surface area contributed by atoms with Crippen LogP contribution in [0.1, 0.15) is 43.1 Å². The van der Waals surface area contributed by atoms with Crippen LogP contribution in [-0.4, -0.2) is 49.2 Å². The summed E-state index contributed by atoms with van der Waals surface area (Å²) in [5, 5.41) is 20.2. The third-order valence-corrected chi connectivity index (χ3v) is 5.60. The maximum absolute atomic E-state index is 12.7. The van der Waals surface area contributed by atoms with Gasteiger partial charge in [-0.3, -0.25) is 4.79 Å². The van der Waals surface area contributed by atoms with E-state index >= 15 is 0 Å². The minimum absolute atomic E-state index is 0.0880. The normalized spacial score (nSPS) is 15.5. The molecule has 4 aromatic rings. The average Bonchev–Trinajstić information content (AvgIpc) is 3.40. The van der Waals surface area contributed by atoms with Crippen molar-refractivity contribution in [1.29, 1.82) is 0 Å². The molecular weight excluding hydrogens is 422 g/mol. The van der Waals surface area contributed by atoms with Crippen LogP contribution in [-0.2, 0) is 4.79 Å². The van der Waals surface area contributed by atoms with Gasteiger partial charge in [0.25, 0.3) is 0 Å². The smallest absolute Gasteiger partial charge is 0.226 e. The lowest BCUT2D eigenvalue weighted by Crippen LogP contribution is -2.25. The number of aromatic nitrogens is 6. The Morgan fingerprint density at radius 3 is 2.82 bits per heavy atom. The number of fused-ring (bicyclic) bond motifs is 2. The molecule has 1 aromatic carbocycles. The molecule has 5 rings (SSSR count). The number of hydrogen-bond donors (Lipinski definition) is 1. The number of carbonyl (C=O) groups excluding carboxylic acids is 1. The Morgan fingerprint density at radius 2 is 2.03 bits per heavy atom. The maximum atomic E-state index is 12.7. The van der Waals surface area contributed by atoms with Crippen molar-refractivity contribution in [3.63, 3.8) is 0 Å². The molecule has 10 heteroatoms. The van der Waals surface area contributed by atoms with Crippen molar-refractivity contribution in [3.8, 4) is 17.3 Å². The van der Waals surface area contributed by atoms with Crippen molar-refractivity contribution >= 4 is 17.4 Å². The van der Waals surface area contributed by atoms with E-state index in [2.05, 4.69) is 39.6 Å². The molecule has 0 unspecified atom stereocenters. The van der Waals surface area contributed by atoms with Crippen LogP contribution in [0.4, 0.5) is 5.82 Å². The molecule has 10 nitrogen and oxygen atoms in total. The van der Waals surface area contributed by atoms with Gasteiger partial charge in [-0.2, -0.15) is 14.3 Å². The number of amides is 1. The van der Waals surface area contributed by atoms with Gasteiger partial charge in [0.1, 0.15) is 5.82 Å². The van der Waals surface area contributed by atoms with Crippen LogP contribution >= 0.6 is 0 Å². The summed E-state index contributed by atoms with van der Waals surface area (Å²) in [6, 6.07) is 9.44. The Kier molecular flexibility index (Phi) is 5.20. The van der Waals surface area contributed by atoms with Gasteiger partial charge in [0, 0.05) is 17.9 Å². The molecule has 1 amide bonds. The lowest BCUT2D eigenvalue weighted by atomic mass is 9.87.